The zero-order valence-electron chi connectivity index (χ0n) is 16.0. The van der Waals surface area contributed by atoms with Gasteiger partial charge in [-0.25, -0.2) is 0 Å². The first kappa shape index (κ1) is 17.9. The summed E-state index contributed by atoms with van der Waals surface area (Å²) in [6.45, 7) is 5.20. The van der Waals surface area contributed by atoms with E-state index in [1.54, 1.807) is 7.11 Å². The van der Waals surface area contributed by atoms with Crippen LogP contribution >= 0.6 is 12.2 Å². The Labute approximate surface area is 165 Å². The molecule has 4 nitrogen and oxygen atoms in total. The molecule has 2 aromatic carbocycles. The molecule has 0 radical (unpaired) electrons. The molecule has 0 spiro atoms. The van der Waals surface area contributed by atoms with E-state index in [4.69, 9.17) is 17.0 Å². The molecule has 3 aromatic rings. The molecule has 0 aliphatic carbocycles. The number of anilines is 1. The minimum Gasteiger partial charge on any atom is -0.495 e. The van der Waals surface area contributed by atoms with Gasteiger partial charge in [0.25, 0.3) is 0 Å². The summed E-state index contributed by atoms with van der Waals surface area (Å²) in [6, 6.07) is 14.9. The van der Waals surface area contributed by atoms with Crippen LogP contribution in [0, 0.1) is 6.92 Å². The van der Waals surface area contributed by atoms with Crippen molar-refractivity contribution in [1.82, 2.24) is 9.88 Å². The number of aromatic nitrogens is 1. The Kier molecular flexibility index (Phi) is 4.79. The van der Waals surface area contributed by atoms with E-state index >= 15 is 0 Å². The van der Waals surface area contributed by atoms with Crippen molar-refractivity contribution in [2.45, 2.75) is 32.7 Å². The van der Waals surface area contributed by atoms with E-state index in [1.807, 2.05) is 12.1 Å². The molecule has 1 atom stereocenters. The summed E-state index contributed by atoms with van der Waals surface area (Å²) in [5.74, 6) is 0.805. The van der Waals surface area contributed by atoms with Crippen molar-refractivity contribution in [3.05, 3.63) is 59.3 Å². The van der Waals surface area contributed by atoms with E-state index in [2.05, 4.69) is 59.4 Å². The normalized spacial score (nSPS) is 16.3. The number of aryl methyl sites for hydroxylation is 1. The molecule has 2 N–H and O–H groups in total. The maximum absolute atomic E-state index is 5.81. The molecule has 1 aromatic heterocycles. The van der Waals surface area contributed by atoms with Crippen LogP contribution in [0.1, 0.15) is 36.2 Å². The summed E-state index contributed by atoms with van der Waals surface area (Å²) in [6.07, 6.45) is 1.98. The molecule has 0 saturated carbocycles. The third-order valence-electron chi connectivity index (χ3n) is 5.40. The van der Waals surface area contributed by atoms with E-state index in [0.717, 1.165) is 35.9 Å². The highest BCUT2D eigenvalue weighted by Crippen LogP contribution is 2.37. The Hall–Kier alpha value is -2.53. The number of nitrogens with zero attached hydrogens (tertiary/aromatic N) is 1. The first-order valence-corrected chi connectivity index (χ1v) is 9.85. The zero-order chi connectivity index (χ0) is 19.0. The van der Waals surface area contributed by atoms with E-state index in [0.29, 0.717) is 0 Å². The highest BCUT2D eigenvalue weighted by Gasteiger charge is 2.30. The maximum Gasteiger partial charge on any atom is 0.174 e. The summed E-state index contributed by atoms with van der Waals surface area (Å²) < 4.78 is 5.49. The largest absolute Gasteiger partial charge is 0.495 e. The van der Waals surface area contributed by atoms with Gasteiger partial charge in [0, 0.05) is 23.1 Å². The molecular formula is C22H25N3OS. The standard InChI is InChI=1S/C22H25N3OS/c1-4-19-21-16(15-7-5-6-8-17(15)23-21)11-12-25(19)22(27)24-18-13-14(2)9-10-20(18)26-3/h5-10,13,19,23H,4,11-12H2,1-3H3,(H,24,27). The van der Waals surface area contributed by atoms with Crippen molar-refractivity contribution in [2.24, 2.45) is 0 Å². The highest BCUT2D eigenvalue weighted by atomic mass is 32.1. The number of hydrogen-bond donors (Lipinski definition) is 2. The number of para-hydroxylation sites is 1. The lowest BCUT2D eigenvalue weighted by molar-refractivity contribution is 0.291. The summed E-state index contributed by atoms with van der Waals surface area (Å²) in [7, 11) is 1.69. The first-order valence-electron chi connectivity index (χ1n) is 9.44. The summed E-state index contributed by atoms with van der Waals surface area (Å²) in [4.78, 5) is 5.94. The molecule has 0 saturated heterocycles. The fourth-order valence-electron chi connectivity index (χ4n) is 4.09. The van der Waals surface area contributed by atoms with Gasteiger partial charge in [0.15, 0.2) is 5.11 Å². The predicted molar refractivity (Wildman–Crippen MR) is 116 cm³/mol. The average molecular weight is 380 g/mol. The van der Waals surface area contributed by atoms with Crippen LogP contribution in [0.15, 0.2) is 42.5 Å². The number of ether oxygens (including phenoxy) is 1. The number of thiocarbonyl (C=S) groups is 1. The molecule has 1 aliphatic rings. The van der Waals surface area contributed by atoms with E-state index in [1.165, 1.54) is 27.7 Å². The number of methoxy groups -OCH3 is 1. The van der Waals surface area contributed by atoms with Gasteiger partial charge < -0.3 is 19.9 Å². The minimum absolute atomic E-state index is 0.247. The summed E-state index contributed by atoms with van der Waals surface area (Å²) in [5, 5.41) is 5.50. The molecule has 5 heteroatoms. The summed E-state index contributed by atoms with van der Waals surface area (Å²) in [5.41, 5.74) is 6.03. The molecule has 4 rings (SSSR count). The van der Waals surface area contributed by atoms with Gasteiger partial charge in [0.05, 0.1) is 18.8 Å². The van der Waals surface area contributed by atoms with Crippen molar-refractivity contribution in [1.29, 1.82) is 0 Å². The summed E-state index contributed by atoms with van der Waals surface area (Å²) >= 11 is 5.81. The smallest absolute Gasteiger partial charge is 0.174 e. The number of hydrogen-bond acceptors (Lipinski definition) is 2. The Morgan fingerprint density at radius 3 is 2.89 bits per heavy atom. The number of aromatic amines is 1. The molecule has 0 amide bonds. The number of rotatable bonds is 3. The van der Waals surface area contributed by atoms with Crippen LogP contribution in [-0.2, 0) is 6.42 Å². The van der Waals surface area contributed by atoms with Crippen LogP contribution in [0.2, 0.25) is 0 Å². The SMILES string of the molecule is CCC1c2[nH]c3ccccc3c2CCN1C(=S)Nc1cc(C)ccc1OC. The Balaban J connectivity index is 1.64. The Morgan fingerprint density at radius 1 is 1.30 bits per heavy atom. The van der Waals surface area contributed by atoms with Crippen LogP contribution in [0.3, 0.4) is 0 Å². The molecule has 1 unspecified atom stereocenters. The van der Waals surface area contributed by atoms with Crippen molar-refractivity contribution < 1.29 is 4.74 Å². The van der Waals surface area contributed by atoms with Crippen molar-refractivity contribution in [3.63, 3.8) is 0 Å². The van der Waals surface area contributed by atoms with Crippen LogP contribution in [0.25, 0.3) is 10.9 Å². The number of fused-ring (bicyclic) bond motifs is 3. The second-order valence-electron chi connectivity index (χ2n) is 7.06. The fraction of sp³-hybridized carbons (Fsp3) is 0.318. The lowest BCUT2D eigenvalue weighted by Gasteiger charge is -2.37. The molecule has 0 bridgehead atoms. The molecule has 2 heterocycles. The molecular weight excluding hydrogens is 354 g/mol. The van der Waals surface area contributed by atoms with Gasteiger partial charge in [-0.2, -0.15) is 0 Å². The quantitative estimate of drug-likeness (QED) is 0.614. The second kappa shape index (κ2) is 7.24. The van der Waals surface area contributed by atoms with Crippen molar-refractivity contribution >= 4 is 33.9 Å². The molecule has 1 aliphatic heterocycles. The topological polar surface area (TPSA) is 40.3 Å². The Bertz CT molecular complexity index is 994. The van der Waals surface area contributed by atoms with E-state index in [-0.39, 0.29) is 6.04 Å². The predicted octanol–water partition coefficient (Wildman–Crippen LogP) is 5.19. The van der Waals surface area contributed by atoms with Gasteiger partial charge in [-0.15, -0.1) is 0 Å². The van der Waals surface area contributed by atoms with Crippen LogP contribution in [0.5, 0.6) is 5.75 Å². The fourth-order valence-corrected chi connectivity index (χ4v) is 4.42. The molecule has 27 heavy (non-hydrogen) atoms. The van der Waals surface area contributed by atoms with Gasteiger partial charge >= 0.3 is 0 Å². The lowest BCUT2D eigenvalue weighted by atomic mass is 9.96. The maximum atomic E-state index is 5.81. The minimum atomic E-state index is 0.247. The zero-order valence-corrected chi connectivity index (χ0v) is 16.8. The van der Waals surface area contributed by atoms with Gasteiger partial charge in [-0.1, -0.05) is 31.2 Å². The van der Waals surface area contributed by atoms with Gasteiger partial charge in [-0.05, 0) is 61.3 Å². The third kappa shape index (κ3) is 3.16. The average Bonchev–Trinajstić information content (AvgIpc) is 3.06. The lowest BCUT2D eigenvalue weighted by Crippen LogP contribution is -2.42. The Morgan fingerprint density at radius 2 is 2.11 bits per heavy atom. The monoisotopic (exact) mass is 379 g/mol. The van der Waals surface area contributed by atoms with E-state index < -0.39 is 0 Å². The third-order valence-corrected chi connectivity index (χ3v) is 5.74. The van der Waals surface area contributed by atoms with Crippen molar-refractivity contribution in [3.8, 4) is 5.75 Å². The highest BCUT2D eigenvalue weighted by molar-refractivity contribution is 7.80. The van der Waals surface area contributed by atoms with Gasteiger partial charge in [0.1, 0.15) is 5.75 Å². The van der Waals surface area contributed by atoms with Crippen LogP contribution in [0.4, 0.5) is 5.69 Å². The van der Waals surface area contributed by atoms with Crippen molar-refractivity contribution in [2.75, 3.05) is 19.0 Å². The van der Waals surface area contributed by atoms with Crippen LogP contribution < -0.4 is 10.1 Å². The van der Waals surface area contributed by atoms with Gasteiger partial charge in [0.2, 0.25) is 0 Å². The number of H-pyrrole nitrogens is 1. The first-order chi connectivity index (χ1) is 13.1. The number of nitrogens with one attached hydrogen (secondary N) is 2. The van der Waals surface area contributed by atoms with Gasteiger partial charge in [-0.3, -0.25) is 0 Å². The number of benzene rings is 2. The molecule has 0 fully saturated rings. The van der Waals surface area contributed by atoms with Crippen LogP contribution in [-0.4, -0.2) is 28.7 Å². The second-order valence-corrected chi connectivity index (χ2v) is 7.45. The van der Waals surface area contributed by atoms with E-state index in [9.17, 15) is 0 Å². The molecule has 140 valence electrons.